The molecule has 1 aromatic heterocycles. The molecule has 0 atom stereocenters. The summed E-state index contributed by atoms with van der Waals surface area (Å²) in [6, 6.07) is 16.5. The quantitative estimate of drug-likeness (QED) is 0.377. The molecule has 0 fully saturated rings. The zero-order valence-electron chi connectivity index (χ0n) is 16.0. The number of aromatic nitrogens is 1. The van der Waals surface area contributed by atoms with Crippen LogP contribution in [0, 0.1) is 12.3 Å². The van der Waals surface area contributed by atoms with Crippen molar-refractivity contribution in [2.24, 2.45) is 4.99 Å². The number of carbonyl (C=O) groups excluding carboxylic acids is 1. The van der Waals surface area contributed by atoms with Crippen LogP contribution in [-0.4, -0.2) is 22.3 Å². The standard InChI is InChI=1S/C21H22N4O2S/c1-4-27-19-11-9-18(10-12-19)24-21(25-20(22)13-14(2)28-25)23-17-7-5-16(6-8-17)15(3)26/h5-13,22H,4H2,1-3H3,(H,23,24). The minimum atomic E-state index is 0.0139. The largest absolute Gasteiger partial charge is 0.494 e. The van der Waals surface area contributed by atoms with Crippen molar-refractivity contribution in [3.63, 3.8) is 0 Å². The average molecular weight is 395 g/mol. The maximum absolute atomic E-state index is 11.5. The van der Waals surface area contributed by atoms with Crippen LogP contribution < -0.4 is 15.5 Å². The lowest BCUT2D eigenvalue weighted by atomic mass is 10.1. The van der Waals surface area contributed by atoms with Crippen molar-refractivity contribution in [2.45, 2.75) is 20.8 Å². The number of nitrogens with one attached hydrogen (secondary N) is 2. The van der Waals surface area contributed by atoms with E-state index < -0.39 is 0 Å². The predicted octanol–water partition coefficient (Wildman–Crippen LogP) is 4.59. The second-order valence-corrected chi connectivity index (χ2v) is 7.34. The molecule has 0 spiro atoms. The highest BCUT2D eigenvalue weighted by Crippen LogP contribution is 2.19. The van der Waals surface area contributed by atoms with Crippen LogP contribution in [0.25, 0.3) is 0 Å². The Morgan fingerprint density at radius 3 is 2.39 bits per heavy atom. The molecule has 7 heteroatoms. The monoisotopic (exact) mass is 394 g/mol. The van der Waals surface area contributed by atoms with Gasteiger partial charge in [0.2, 0.25) is 5.96 Å². The lowest BCUT2D eigenvalue weighted by molar-refractivity contribution is 0.101. The van der Waals surface area contributed by atoms with Crippen molar-refractivity contribution in [3.8, 4) is 5.75 Å². The summed E-state index contributed by atoms with van der Waals surface area (Å²) in [7, 11) is 0. The van der Waals surface area contributed by atoms with Crippen LogP contribution >= 0.6 is 11.5 Å². The summed E-state index contributed by atoms with van der Waals surface area (Å²) in [6.45, 7) is 6.05. The van der Waals surface area contributed by atoms with Gasteiger partial charge in [-0.1, -0.05) is 11.5 Å². The van der Waals surface area contributed by atoms with Crippen LogP contribution in [0.4, 0.5) is 11.4 Å². The number of Topliss-reactive ketones (excluding diaryl/α,β-unsaturated/α-hetero) is 1. The molecule has 28 heavy (non-hydrogen) atoms. The molecule has 1 heterocycles. The molecule has 2 N–H and O–H groups in total. The molecule has 3 rings (SSSR count). The molecule has 2 aromatic carbocycles. The van der Waals surface area contributed by atoms with Crippen molar-refractivity contribution in [1.29, 1.82) is 5.41 Å². The number of ketones is 1. The molecule has 144 valence electrons. The van der Waals surface area contributed by atoms with E-state index in [1.807, 2.05) is 38.1 Å². The third-order valence-electron chi connectivity index (χ3n) is 3.92. The van der Waals surface area contributed by atoms with Crippen LogP contribution in [0.15, 0.2) is 59.6 Å². The molecular formula is C21H22N4O2S. The summed E-state index contributed by atoms with van der Waals surface area (Å²) in [5.74, 6) is 1.33. The first-order valence-corrected chi connectivity index (χ1v) is 9.68. The minimum absolute atomic E-state index is 0.0139. The van der Waals surface area contributed by atoms with E-state index in [1.165, 1.54) is 18.5 Å². The Balaban J connectivity index is 1.96. The molecule has 3 aromatic rings. The smallest absolute Gasteiger partial charge is 0.223 e. The van der Waals surface area contributed by atoms with E-state index >= 15 is 0 Å². The number of hydrogen-bond donors (Lipinski definition) is 2. The van der Waals surface area contributed by atoms with Crippen LogP contribution in [-0.2, 0) is 0 Å². The summed E-state index contributed by atoms with van der Waals surface area (Å²) in [5.41, 5.74) is 2.51. The van der Waals surface area contributed by atoms with Gasteiger partial charge in [-0.2, -0.15) is 0 Å². The van der Waals surface area contributed by atoms with E-state index in [9.17, 15) is 4.79 Å². The van der Waals surface area contributed by atoms with E-state index in [0.717, 1.165) is 16.3 Å². The van der Waals surface area contributed by atoms with Gasteiger partial charge < -0.3 is 10.1 Å². The third-order valence-corrected chi connectivity index (χ3v) is 4.87. The van der Waals surface area contributed by atoms with E-state index in [0.29, 0.717) is 29.3 Å². The number of carbonyl (C=O) groups is 1. The van der Waals surface area contributed by atoms with Gasteiger partial charge in [0.15, 0.2) is 5.78 Å². The van der Waals surface area contributed by atoms with Crippen molar-refractivity contribution in [1.82, 2.24) is 3.96 Å². The van der Waals surface area contributed by atoms with E-state index in [2.05, 4.69) is 10.3 Å². The maximum atomic E-state index is 11.5. The van der Waals surface area contributed by atoms with Gasteiger partial charge in [-0.15, -0.1) is 0 Å². The van der Waals surface area contributed by atoms with E-state index in [4.69, 9.17) is 10.1 Å². The summed E-state index contributed by atoms with van der Waals surface area (Å²) in [5, 5.41) is 11.5. The van der Waals surface area contributed by atoms with Gasteiger partial charge in [-0.3, -0.25) is 10.2 Å². The highest BCUT2D eigenvalue weighted by Gasteiger charge is 2.09. The lowest BCUT2D eigenvalue weighted by Gasteiger charge is -2.11. The Morgan fingerprint density at radius 2 is 1.86 bits per heavy atom. The fourth-order valence-electron chi connectivity index (χ4n) is 2.58. The summed E-state index contributed by atoms with van der Waals surface area (Å²) in [6.07, 6.45) is 0. The highest BCUT2D eigenvalue weighted by molar-refractivity contribution is 7.07. The van der Waals surface area contributed by atoms with Crippen molar-refractivity contribution < 1.29 is 9.53 Å². The van der Waals surface area contributed by atoms with E-state index in [-0.39, 0.29) is 5.78 Å². The van der Waals surface area contributed by atoms with Crippen molar-refractivity contribution in [3.05, 3.63) is 70.5 Å². The normalized spacial score (nSPS) is 11.3. The maximum Gasteiger partial charge on any atom is 0.223 e. The molecule has 6 nitrogen and oxygen atoms in total. The Bertz CT molecular complexity index is 1050. The molecule has 0 bridgehead atoms. The topological polar surface area (TPSA) is 79.5 Å². The summed E-state index contributed by atoms with van der Waals surface area (Å²) >= 11 is 1.44. The summed E-state index contributed by atoms with van der Waals surface area (Å²) < 4.78 is 7.21. The highest BCUT2D eigenvalue weighted by atomic mass is 32.1. The van der Waals surface area contributed by atoms with Crippen molar-refractivity contribution in [2.75, 3.05) is 11.9 Å². The van der Waals surface area contributed by atoms with Gasteiger partial charge in [0.25, 0.3) is 0 Å². The third kappa shape index (κ3) is 4.75. The SMILES string of the molecule is CCOc1ccc(NC(=Nc2ccc(C(C)=O)cc2)n2sc(C)cc2=N)cc1. The van der Waals surface area contributed by atoms with Gasteiger partial charge in [-0.25, -0.2) is 8.95 Å². The van der Waals surface area contributed by atoms with Crippen LogP contribution in [0.3, 0.4) is 0 Å². The fraction of sp³-hybridized carbons (Fsp3) is 0.190. The van der Waals surface area contributed by atoms with Crippen LogP contribution in [0.5, 0.6) is 5.75 Å². The minimum Gasteiger partial charge on any atom is -0.494 e. The molecule has 0 aliphatic rings. The van der Waals surface area contributed by atoms with Gasteiger partial charge >= 0.3 is 0 Å². The van der Waals surface area contributed by atoms with Crippen LogP contribution in [0.2, 0.25) is 0 Å². The van der Waals surface area contributed by atoms with Gasteiger partial charge in [0.1, 0.15) is 11.2 Å². The zero-order chi connectivity index (χ0) is 20.1. The first-order chi connectivity index (χ1) is 13.5. The zero-order valence-corrected chi connectivity index (χ0v) is 16.8. The number of hydrogen-bond acceptors (Lipinski definition) is 5. The molecule has 0 radical (unpaired) electrons. The average Bonchev–Trinajstić information content (AvgIpc) is 3.01. The number of aliphatic imine (C=N–C) groups is 1. The first-order valence-electron chi connectivity index (χ1n) is 8.91. The Labute approximate surface area is 167 Å². The molecule has 0 amide bonds. The molecule has 0 aliphatic carbocycles. The number of aryl methyl sites for hydroxylation is 1. The number of nitrogens with zero attached hydrogens (tertiary/aromatic N) is 2. The van der Waals surface area contributed by atoms with Crippen LogP contribution in [0.1, 0.15) is 29.1 Å². The lowest BCUT2D eigenvalue weighted by Crippen LogP contribution is -2.28. The molecule has 0 unspecified atom stereocenters. The Kier molecular flexibility index (Phi) is 6.06. The first kappa shape index (κ1) is 19.6. The number of anilines is 1. The Morgan fingerprint density at radius 1 is 1.18 bits per heavy atom. The number of benzene rings is 2. The fourth-order valence-corrected chi connectivity index (χ4v) is 3.35. The number of ether oxygens (including phenoxy) is 1. The van der Waals surface area contributed by atoms with Gasteiger partial charge in [-0.05, 0) is 75.4 Å². The molecule has 0 aliphatic heterocycles. The van der Waals surface area contributed by atoms with Gasteiger partial charge in [0, 0.05) is 16.1 Å². The second kappa shape index (κ2) is 8.67. The van der Waals surface area contributed by atoms with E-state index in [1.54, 1.807) is 34.3 Å². The van der Waals surface area contributed by atoms with Gasteiger partial charge in [0.05, 0.1) is 12.3 Å². The second-order valence-electron chi connectivity index (χ2n) is 6.15. The van der Waals surface area contributed by atoms with Crippen molar-refractivity contribution >= 4 is 34.7 Å². The molecular weight excluding hydrogens is 372 g/mol. The molecule has 0 saturated heterocycles. The number of rotatable bonds is 5. The predicted molar refractivity (Wildman–Crippen MR) is 113 cm³/mol. The summed E-state index contributed by atoms with van der Waals surface area (Å²) in [4.78, 5) is 17.2. The molecule has 0 saturated carbocycles. The Hall–Kier alpha value is -3.19.